The first kappa shape index (κ1) is 16.1. The summed E-state index contributed by atoms with van der Waals surface area (Å²) in [5.41, 5.74) is 0.296. The highest BCUT2D eigenvalue weighted by atomic mass is 16.5. The molecule has 0 aliphatic heterocycles. The molecular weight excluding hydrogens is 310 g/mol. The number of nitrogens with one attached hydrogen (secondary N) is 2. The van der Waals surface area contributed by atoms with Crippen LogP contribution in [0.25, 0.3) is 0 Å². The van der Waals surface area contributed by atoms with Crippen LogP contribution >= 0.6 is 0 Å². The molecule has 3 rings (SSSR count). The van der Waals surface area contributed by atoms with Crippen molar-refractivity contribution in [3.05, 3.63) is 41.1 Å². The number of aromatic nitrogens is 3. The van der Waals surface area contributed by atoms with Crippen molar-refractivity contribution in [2.24, 2.45) is 14.1 Å². The van der Waals surface area contributed by atoms with Crippen molar-refractivity contribution >= 4 is 11.7 Å². The molecule has 2 N–H and O–H groups in total. The number of amides is 2. The molecule has 2 atom stereocenters. The third-order valence-corrected chi connectivity index (χ3v) is 4.10. The second-order valence-corrected chi connectivity index (χ2v) is 6.01. The van der Waals surface area contributed by atoms with Gasteiger partial charge in [-0.2, -0.15) is 5.10 Å². The van der Waals surface area contributed by atoms with Crippen molar-refractivity contribution < 1.29 is 9.53 Å². The molecule has 1 aliphatic carbocycles. The largest absolute Gasteiger partial charge is 0.485 e. The normalized spacial score (nSPS) is 19.9. The van der Waals surface area contributed by atoms with Gasteiger partial charge in [-0.1, -0.05) is 0 Å². The van der Waals surface area contributed by atoms with E-state index >= 15 is 0 Å². The smallest absolute Gasteiger partial charge is 0.319 e. The number of anilines is 1. The van der Waals surface area contributed by atoms with Crippen molar-refractivity contribution in [3.8, 4) is 5.75 Å². The summed E-state index contributed by atoms with van der Waals surface area (Å²) >= 11 is 0. The molecule has 128 valence electrons. The highest BCUT2D eigenvalue weighted by molar-refractivity contribution is 5.89. The molecule has 0 bridgehead atoms. The number of ether oxygens (including phenoxy) is 1. The molecule has 0 spiro atoms. The van der Waals surface area contributed by atoms with Crippen molar-refractivity contribution in [1.82, 2.24) is 19.7 Å². The Bertz CT molecular complexity index is 782. The Labute approximate surface area is 139 Å². The van der Waals surface area contributed by atoms with E-state index < -0.39 is 0 Å². The monoisotopic (exact) mass is 331 g/mol. The summed E-state index contributed by atoms with van der Waals surface area (Å²) in [6.07, 6.45) is 7.72. The molecule has 0 radical (unpaired) electrons. The van der Waals surface area contributed by atoms with Crippen LogP contribution in [0.4, 0.5) is 10.5 Å². The minimum Gasteiger partial charge on any atom is -0.485 e. The van der Waals surface area contributed by atoms with Crippen LogP contribution in [0.15, 0.2) is 35.5 Å². The van der Waals surface area contributed by atoms with Crippen molar-refractivity contribution in [1.29, 1.82) is 0 Å². The molecule has 2 amide bonds. The summed E-state index contributed by atoms with van der Waals surface area (Å²) in [6, 6.07) is 2.66. The fourth-order valence-corrected chi connectivity index (χ4v) is 2.83. The summed E-state index contributed by atoms with van der Waals surface area (Å²) in [5, 5.41) is 9.69. The summed E-state index contributed by atoms with van der Waals surface area (Å²) in [7, 11) is 3.49. The lowest BCUT2D eigenvalue weighted by atomic mass is 10.2. The van der Waals surface area contributed by atoms with Gasteiger partial charge in [0, 0.05) is 32.0 Å². The molecule has 8 heteroatoms. The molecule has 2 aromatic heterocycles. The number of aryl methyl sites for hydroxylation is 2. The van der Waals surface area contributed by atoms with E-state index in [-0.39, 0.29) is 23.7 Å². The van der Waals surface area contributed by atoms with E-state index in [2.05, 4.69) is 15.7 Å². The molecule has 1 saturated carbocycles. The number of hydrogen-bond acceptors (Lipinski definition) is 4. The van der Waals surface area contributed by atoms with Crippen LogP contribution in [-0.4, -0.2) is 32.5 Å². The number of rotatable bonds is 4. The fourth-order valence-electron chi connectivity index (χ4n) is 2.83. The Morgan fingerprint density at radius 3 is 2.92 bits per heavy atom. The topological polar surface area (TPSA) is 90.2 Å². The average molecular weight is 331 g/mol. The Kier molecular flexibility index (Phi) is 4.54. The van der Waals surface area contributed by atoms with Crippen LogP contribution in [0.1, 0.15) is 19.3 Å². The standard InChI is InChI=1S/C16H21N5O3/c1-20-7-6-11(8-15(20)22)18-16(23)19-13-4-3-5-14(13)24-12-9-17-21(2)10-12/h6-10,13-14H,3-5H2,1-2H3,(H2,18,19,23)/t13-,14+/m0/s1. The van der Waals surface area contributed by atoms with Gasteiger partial charge in [-0.05, 0) is 25.3 Å². The van der Waals surface area contributed by atoms with Crippen LogP contribution in [0.3, 0.4) is 0 Å². The Morgan fingerprint density at radius 1 is 1.38 bits per heavy atom. The first-order valence-electron chi connectivity index (χ1n) is 7.91. The predicted octanol–water partition coefficient (Wildman–Crippen LogP) is 1.24. The van der Waals surface area contributed by atoms with E-state index in [0.717, 1.165) is 19.3 Å². The Morgan fingerprint density at radius 2 is 2.21 bits per heavy atom. The van der Waals surface area contributed by atoms with E-state index in [9.17, 15) is 9.59 Å². The zero-order valence-electron chi connectivity index (χ0n) is 13.7. The van der Waals surface area contributed by atoms with Crippen LogP contribution in [-0.2, 0) is 14.1 Å². The van der Waals surface area contributed by atoms with Crippen LogP contribution in [0.2, 0.25) is 0 Å². The van der Waals surface area contributed by atoms with E-state index in [1.165, 1.54) is 10.6 Å². The Balaban J connectivity index is 1.58. The van der Waals surface area contributed by atoms with Gasteiger partial charge < -0.3 is 19.9 Å². The maximum absolute atomic E-state index is 12.2. The molecule has 0 aromatic carbocycles. The van der Waals surface area contributed by atoms with E-state index in [1.807, 2.05) is 7.05 Å². The molecule has 0 saturated heterocycles. The first-order valence-corrected chi connectivity index (χ1v) is 7.91. The molecule has 1 aliphatic rings. The minimum absolute atomic E-state index is 0.0725. The molecule has 24 heavy (non-hydrogen) atoms. The SMILES string of the molecule is Cn1cc(O[C@@H]2CCC[C@@H]2NC(=O)Nc2ccn(C)c(=O)c2)cn1. The molecule has 2 heterocycles. The zero-order valence-corrected chi connectivity index (χ0v) is 13.7. The maximum Gasteiger partial charge on any atom is 0.319 e. The van der Waals surface area contributed by atoms with Gasteiger partial charge in [0.2, 0.25) is 0 Å². The second kappa shape index (κ2) is 6.77. The first-order chi connectivity index (χ1) is 11.5. The lowest BCUT2D eigenvalue weighted by molar-refractivity contribution is 0.175. The summed E-state index contributed by atoms with van der Waals surface area (Å²) in [6.45, 7) is 0. The van der Waals surface area contributed by atoms with Gasteiger partial charge in [0.05, 0.1) is 18.4 Å². The Hall–Kier alpha value is -2.77. The van der Waals surface area contributed by atoms with Crippen LogP contribution in [0.5, 0.6) is 5.75 Å². The average Bonchev–Trinajstić information content (AvgIpc) is 3.13. The number of urea groups is 1. The summed E-state index contributed by atoms with van der Waals surface area (Å²) in [4.78, 5) is 23.8. The predicted molar refractivity (Wildman–Crippen MR) is 89.1 cm³/mol. The number of nitrogens with zero attached hydrogens (tertiary/aromatic N) is 3. The molecule has 8 nitrogen and oxygen atoms in total. The van der Waals surface area contributed by atoms with Gasteiger partial charge in [-0.15, -0.1) is 0 Å². The van der Waals surface area contributed by atoms with Gasteiger partial charge in [-0.25, -0.2) is 4.79 Å². The molecule has 2 aromatic rings. The fraction of sp³-hybridized carbons (Fsp3) is 0.438. The number of carbonyl (C=O) groups excluding carboxylic acids is 1. The van der Waals surface area contributed by atoms with Gasteiger partial charge >= 0.3 is 6.03 Å². The van der Waals surface area contributed by atoms with E-state index in [1.54, 1.807) is 36.4 Å². The number of pyridine rings is 1. The van der Waals surface area contributed by atoms with Gasteiger partial charge in [0.1, 0.15) is 6.10 Å². The van der Waals surface area contributed by atoms with Crippen molar-refractivity contribution in [2.45, 2.75) is 31.4 Å². The third kappa shape index (κ3) is 3.76. The van der Waals surface area contributed by atoms with Gasteiger partial charge in [0.15, 0.2) is 5.75 Å². The number of hydrogen-bond donors (Lipinski definition) is 2. The van der Waals surface area contributed by atoms with Crippen LogP contribution in [0, 0.1) is 0 Å². The quantitative estimate of drug-likeness (QED) is 0.882. The minimum atomic E-state index is -0.338. The third-order valence-electron chi connectivity index (χ3n) is 4.10. The van der Waals surface area contributed by atoms with E-state index in [0.29, 0.717) is 11.4 Å². The summed E-state index contributed by atoms with van der Waals surface area (Å²) < 4.78 is 9.03. The molecule has 1 fully saturated rings. The lowest BCUT2D eigenvalue weighted by Gasteiger charge is -2.21. The van der Waals surface area contributed by atoms with Crippen LogP contribution < -0.4 is 20.9 Å². The molecular formula is C16H21N5O3. The van der Waals surface area contributed by atoms with Gasteiger partial charge in [0.25, 0.3) is 5.56 Å². The number of carbonyl (C=O) groups is 1. The molecule has 0 unspecified atom stereocenters. The zero-order chi connectivity index (χ0) is 17.1. The summed E-state index contributed by atoms with van der Waals surface area (Å²) in [5.74, 6) is 0.697. The maximum atomic E-state index is 12.2. The highest BCUT2D eigenvalue weighted by Gasteiger charge is 2.30. The second-order valence-electron chi connectivity index (χ2n) is 6.01. The van der Waals surface area contributed by atoms with Gasteiger partial charge in [-0.3, -0.25) is 9.48 Å². The lowest BCUT2D eigenvalue weighted by Crippen LogP contribution is -2.44. The van der Waals surface area contributed by atoms with E-state index in [4.69, 9.17) is 4.74 Å². The van der Waals surface area contributed by atoms with Crippen molar-refractivity contribution in [3.63, 3.8) is 0 Å². The van der Waals surface area contributed by atoms with Crippen molar-refractivity contribution in [2.75, 3.05) is 5.32 Å². The highest BCUT2D eigenvalue weighted by Crippen LogP contribution is 2.24.